The van der Waals surface area contributed by atoms with Crippen molar-refractivity contribution >= 4 is 11.8 Å². The summed E-state index contributed by atoms with van der Waals surface area (Å²) in [5.41, 5.74) is -1.11. The van der Waals surface area contributed by atoms with Crippen LogP contribution in [-0.4, -0.2) is 36.3 Å². The molecule has 0 radical (unpaired) electrons. The summed E-state index contributed by atoms with van der Waals surface area (Å²) in [6.45, 7) is 6.69. The molecule has 0 aliphatic carbocycles. The van der Waals surface area contributed by atoms with Crippen molar-refractivity contribution in [1.29, 1.82) is 15.8 Å². The first-order chi connectivity index (χ1) is 14.7. The van der Waals surface area contributed by atoms with E-state index in [0.717, 1.165) is 0 Å². The van der Waals surface area contributed by atoms with Gasteiger partial charge in [0.15, 0.2) is 17.1 Å². The molecule has 1 heterocycles. The molecule has 0 spiro atoms. The molecule has 2 rings (SSSR count). The summed E-state index contributed by atoms with van der Waals surface area (Å²) in [4.78, 5) is 13.8. The predicted octanol–water partition coefficient (Wildman–Crippen LogP) is 4.09. The van der Waals surface area contributed by atoms with Crippen LogP contribution in [-0.2, 0) is 4.74 Å². The first-order valence-corrected chi connectivity index (χ1v) is 9.79. The molecular formula is C22H24FN5O3. The predicted molar refractivity (Wildman–Crippen MR) is 110 cm³/mol. The Bertz CT molecular complexity index is 955. The molecule has 0 saturated carbocycles. The van der Waals surface area contributed by atoms with E-state index in [0.29, 0.717) is 25.9 Å². The number of benzene rings is 1. The normalized spacial score (nSPS) is 13.9. The van der Waals surface area contributed by atoms with Crippen molar-refractivity contribution in [3.05, 3.63) is 35.3 Å². The number of hydrogen-bond acceptors (Lipinski definition) is 7. The molecular weight excluding hydrogens is 401 g/mol. The zero-order chi connectivity index (χ0) is 23.0. The number of hydrogen-bond donors (Lipinski definition) is 1. The van der Waals surface area contributed by atoms with Gasteiger partial charge in [0.05, 0.1) is 12.3 Å². The van der Waals surface area contributed by atoms with Crippen LogP contribution < -0.4 is 10.1 Å². The molecule has 1 fully saturated rings. The van der Waals surface area contributed by atoms with Crippen LogP contribution in [0.25, 0.3) is 0 Å². The van der Waals surface area contributed by atoms with E-state index in [4.69, 9.17) is 20.0 Å². The summed E-state index contributed by atoms with van der Waals surface area (Å²) in [6.07, 6.45) is 0.994. The van der Waals surface area contributed by atoms with Crippen molar-refractivity contribution in [1.82, 2.24) is 4.90 Å². The van der Waals surface area contributed by atoms with E-state index in [9.17, 15) is 14.4 Å². The molecule has 0 atom stereocenters. The number of para-hydroxylation sites is 1. The van der Waals surface area contributed by atoms with E-state index in [2.05, 4.69) is 5.32 Å². The summed E-state index contributed by atoms with van der Waals surface area (Å²) in [5, 5.41) is 29.7. The smallest absolute Gasteiger partial charge is 0.410 e. The first-order valence-electron chi connectivity index (χ1n) is 9.79. The molecule has 8 nitrogen and oxygen atoms in total. The van der Waals surface area contributed by atoms with Crippen LogP contribution in [0.2, 0.25) is 0 Å². The van der Waals surface area contributed by atoms with Crippen LogP contribution in [0.4, 0.5) is 14.9 Å². The fourth-order valence-electron chi connectivity index (χ4n) is 2.98. The Morgan fingerprint density at radius 3 is 2.39 bits per heavy atom. The number of nitrogens with zero attached hydrogens (tertiary/aromatic N) is 4. The Morgan fingerprint density at radius 2 is 1.84 bits per heavy atom. The number of nitriles is 3. The number of piperidine rings is 1. The third kappa shape index (κ3) is 6.62. The highest BCUT2D eigenvalue weighted by molar-refractivity contribution is 5.68. The van der Waals surface area contributed by atoms with Crippen molar-refractivity contribution in [2.24, 2.45) is 5.92 Å². The van der Waals surface area contributed by atoms with Crippen molar-refractivity contribution in [3.8, 4) is 24.0 Å². The lowest BCUT2D eigenvalue weighted by Gasteiger charge is -2.33. The van der Waals surface area contributed by atoms with E-state index in [-0.39, 0.29) is 35.8 Å². The zero-order valence-electron chi connectivity index (χ0n) is 17.7. The SMILES string of the molecule is CC(C)(C)OC(=O)N1CCC(COc2c(F)cccc2NC(C#N)=C(C#N)C#N)CC1. The highest BCUT2D eigenvalue weighted by Crippen LogP contribution is 2.31. The maximum atomic E-state index is 14.4. The third-order valence-corrected chi connectivity index (χ3v) is 4.54. The van der Waals surface area contributed by atoms with Gasteiger partial charge in [0.1, 0.15) is 29.5 Å². The number of carbonyl (C=O) groups is 1. The lowest BCUT2D eigenvalue weighted by molar-refractivity contribution is 0.0164. The minimum Gasteiger partial charge on any atom is -0.488 e. The fourth-order valence-corrected chi connectivity index (χ4v) is 2.98. The van der Waals surface area contributed by atoms with E-state index in [1.54, 1.807) is 23.1 Å². The number of nitrogens with one attached hydrogen (secondary N) is 1. The highest BCUT2D eigenvalue weighted by Gasteiger charge is 2.27. The molecule has 31 heavy (non-hydrogen) atoms. The van der Waals surface area contributed by atoms with E-state index in [1.165, 1.54) is 18.2 Å². The van der Waals surface area contributed by atoms with Gasteiger partial charge in [-0.05, 0) is 51.7 Å². The van der Waals surface area contributed by atoms with Gasteiger partial charge in [-0.3, -0.25) is 0 Å². The third-order valence-electron chi connectivity index (χ3n) is 4.54. The van der Waals surface area contributed by atoms with Gasteiger partial charge in [0.2, 0.25) is 0 Å². The summed E-state index contributed by atoms with van der Waals surface area (Å²) in [6, 6.07) is 9.12. The number of carbonyl (C=O) groups excluding carboxylic acids is 1. The Kier molecular flexibility index (Phi) is 7.82. The summed E-state index contributed by atoms with van der Waals surface area (Å²) in [5.74, 6) is -0.630. The van der Waals surface area contributed by atoms with E-state index < -0.39 is 17.0 Å². The van der Waals surface area contributed by atoms with E-state index in [1.807, 2.05) is 20.8 Å². The molecule has 1 aromatic rings. The molecule has 1 aliphatic rings. The summed E-state index contributed by atoms with van der Waals surface area (Å²) in [7, 11) is 0. The second-order valence-corrected chi connectivity index (χ2v) is 8.05. The van der Waals surface area contributed by atoms with Crippen molar-refractivity contribution < 1.29 is 18.7 Å². The Labute approximate surface area is 181 Å². The number of ether oxygens (including phenoxy) is 2. The topological polar surface area (TPSA) is 122 Å². The van der Waals surface area contributed by atoms with Gasteiger partial charge in [0.25, 0.3) is 0 Å². The van der Waals surface area contributed by atoms with Crippen LogP contribution in [0.3, 0.4) is 0 Å². The fraction of sp³-hybridized carbons (Fsp3) is 0.455. The summed E-state index contributed by atoms with van der Waals surface area (Å²) >= 11 is 0. The quantitative estimate of drug-likeness (QED) is 0.705. The van der Waals surface area contributed by atoms with Crippen LogP contribution in [0.15, 0.2) is 29.5 Å². The first kappa shape index (κ1) is 23.5. The minimum absolute atomic E-state index is 0.0972. The van der Waals surface area contributed by atoms with Gasteiger partial charge in [-0.2, -0.15) is 15.8 Å². The molecule has 1 saturated heterocycles. The minimum atomic E-state index is -0.635. The maximum absolute atomic E-state index is 14.4. The van der Waals surface area contributed by atoms with Crippen molar-refractivity contribution in [3.63, 3.8) is 0 Å². The second kappa shape index (κ2) is 10.3. The van der Waals surface area contributed by atoms with Crippen LogP contribution in [0.5, 0.6) is 5.75 Å². The average Bonchev–Trinajstić information content (AvgIpc) is 2.72. The van der Waals surface area contributed by atoms with Gasteiger partial charge < -0.3 is 19.7 Å². The lowest BCUT2D eigenvalue weighted by Crippen LogP contribution is -2.42. The van der Waals surface area contributed by atoms with Crippen LogP contribution in [0.1, 0.15) is 33.6 Å². The molecule has 162 valence electrons. The van der Waals surface area contributed by atoms with Gasteiger partial charge in [-0.25, -0.2) is 9.18 Å². The average molecular weight is 425 g/mol. The Balaban J connectivity index is 2.02. The van der Waals surface area contributed by atoms with Crippen LogP contribution >= 0.6 is 0 Å². The maximum Gasteiger partial charge on any atom is 0.410 e. The standard InChI is InChI=1S/C22H24FN5O3/c1-22(2,3)31-21(29)28-9-7-15(8-10-28)14-30-20-17(23)5-4-6-18(20)27-19(13-26)16(11-24)12-25/h4-6,15,27H,7-10,14H2,1-3H3. The number of allylic oxidation sites excluding steroid dienone is 2. The van der Waals surface area contributed by atoms with Gasteiger partial charge in [-0.1, -0.05) is 6.07 Å². The number of likely N-dealkylation sites (tertiary alicyclic amines) is 1. The Morgan fingerprint density at radius 1 is 1.19 bits per heavy atom. The monoisotopic (exact) mass is 425 g/mol. The van der Waals surface area contributed by atoms with Gasteiger partial charge in [-0.15, -0.1) is 0 Å². The molecule has 0 bridgehead atoms. The molecule has 1 amide bonds. The zero-order valence-corrected chi connectivity index (χ0v) is 17.7. The molecule has 0 unspecified atom stereocenters. The van der Waals surface area contributed by atoms with Gasteiger partial charge in [0, 0.05) is 13.1 Å². The van der Waals surface area contributed by atoms with Crippen LogP contribution in [0, 0.1) is 45.7 Å². The molecule has 1 N–H and O–H groups in total. The Hall–Kier alpha value is -3.77. The van der Waals surface area contributed by atoms with Crippen molar-refractivity contribution in [2.45, 2.75) is 39.2 Å². The number of halogens is 1. The number of anilines is 1. The molecule has 1 aliphatic heterocycles. The second-order valence-electron chi connectivity index (χ2n) is 8.05. The molecule has 9 heteroatoms. The summed E-state index contributed by atoms with van der Waals surface area (Å²) < 4.78 is 25.5. The van der Waals surface area contributed by atoms with Gasteiger partial charge >= 0.3 is 6.09 Å². The number of amides is 1. The molecule has 1 aromatic carbocycles. The number of rotatable bonds is 5. The molecule has 0 aromatic heterocycles. The lowest BCUT2D eigenvalue weighted by atomic mass is 9.98. The highest BCUT2D eigenvalue weighted by atomic mass is 19.1. The largest absolute Gasteiger partial charge is 0.488 e. The van der Waals surface area contributed by atoms with E-state index >= 15 is 0 Å². The van der Waals surface area contributed by atoms with Crippen molar-refractivity contribution in [2.75, 3.05) is 25.0 Å².